The number of piperazine rings is 8. The second-order valence-electron chi connectivity index (χ2n) is 43.4. The Hall–Kier alpha value is -7.92. The number of amides is 10. The van der Waals surface area contributed by atoms with Gasteiger partial charge in [0, 0.05) is 173 Å². The number of benzene rings is 1. The Morgan fingerprint density at radius 2 is 0.719 bits per heavy atom. The molecular formula is C94H176N16O18. The lowest BCUT2D eigenvalue weighted by atomic mass is 10.00. The van der Waals surface area contributed by atoms with Gasteiger partial charge in [-0.1, -0.05) is 65.5 Å². The molecule has 2 bridgehead atoms. The van der Waals surface area contributed by atoms with Crippen molar-refractivity contribution in [1.82, 2.24) is 81.7 Å². The van der Waals surface area contributed by atoms with Crippen molar-refractivity contribution < 1.29 is 85.8 Å². The van der Waals surface area contributed by atoms with Gasteiger partial charge in [0.15, 0.2) is 0 Å². The van der Waals surface area contributed by atoms with Crippen molar-refractivity contribution in [1.29, 1.82) is 0 Å². The molecule has 9 fully saturated rings. The van der Waals surface area contributed by atoms with Crippen LogP contribution in [0.2, 0.25) is 0 Å². The second-order valence-corrected chi connectivity index (χ2v) is 43.4. The van der Waals surface area contributed by atoms with E-state index in [1.54, 1.807) is 37.5 Å². The van der Waals surface area contributed by atoms with Crippen LogP contribution in [0, 0.1) is 11.8 Å². The van der Waals surface area contributed by atoms with Crippen LogP contribution in [0.4, 0.5) is 38.4 Å². The lowest BCUT2D eigenvalue weighted by Crippen LogP contribution is -2.63. The molecule has 10 amide bonds. The molecule has 1 aromatic carbocycles. The molecule has 128 heavy (non-hydrogen) atoms. The number of hydrogen-bond acceptors (Lipinski definition) is 24. The van der Waals surface area contributed by atoms with Gasteiger partial charge in [-0.2, -0.15) is 0 Å². The van der Waals surface area contributed by atoms with Crippen LogP contribution in [0.1, 0.15) is 268 Å². The Labute approximate surface area is 770 Å². The predicted octanol–water partition coefficient (Wildman–Crippen LogP) is 13.2. The first kappa shape index (κ1) is 116. The first-order chi connectivity index (χ1) is 58.1. The van der Waals surface area contributed by atoms with Gasteiger partial charge in [-0.05, 0) is 245 Å². The van der Waals surface area contributed by atoms with Crippen LogP contribution >= 0.6 is 0 Å². The molecule has 0 saturated carbocycles. The Kier molecular flexibility index (Phi) is 45.4. The third-order valence-electron chi connectivity index (χ3n) is 21.3. The average Bonchev–Trinajstić information content (AvgIpc) is 1.35. The van der Waals surface area contributed by atoms with Crippen LogP contribution in [0.15, 0.2) is 30.3 Å². The van der Waals surface area contributed by atoms with Crippen molar-refractivity contribution in [3.8, 4) is 0 Å². The molecule has 9 aliphatic heterocycles. The number of fused-ring (bicyclic) bond motifs is 2. The van der Waals surface area contributed by atoms with Gasteiger partial charge < -0.3 is 105 Å². The van der Waals surface area contributed by atoms with E-state index in [2.05, 4.69) is 77.2 Å². The van der Waals surface area contributed by atoms with Gasteiger partial charge >= 0.3 is 48.7 Å². The van der Waals surface area contributed by atoms with Crippen LogP contribution in [0.25, 0.3) is 0 Å². The summed E-state index contributed by atoms with van der Waals surface area (Å²) in [5.74, 6) is 0.584. The average molecular weight is 1820 g/mol. The molecular weight excluding hydrogens is 1640 g/mol. The fourth-order valence-corrected chi connectivity index (χ4v) is 14.7. The second kappa shape index (κ2) is 50.1. The first-order valence-electron chi connectivity index (χ1n) is 45.9. The number of ether oxygens (including phenoxy) is 8. The summed E-state index contributed by atoms with van der Waals surface area (Å²) in [6, 6.07) is 11.6. The van der Waals surface area contributed by atoms with Crippen LogP contribution in [0.5, 0.6) is 0 Å². The van der Waals surface area contributed by atoms with E-state index in [-0.39, 0.29) is 104 Å². The quantitative estimate of drug-likeness (QED) is 0.130. The van der Waals surface area contributed by atoms with Crippen molar-refractivity contribution >= 4 is 60.6 Å². The molecule has 740 valence electrons. The molecule has 2 unspecified atom stereocenters. The molecule has 34 heteroatoms. The number of carbonyl (C=O) groups excluding carboxylic acids is 10. The Morgan fingerprint density at radius 1 is 0.383 bits per heavy atom. The van der Waals surface area contributed by atoms with E-state index < -0.39 is 56.9 Å². The van der Waals surface area contributed by atoms with E-state index in [9.17, 15) is 47.9 Å². The van der Waals surface area contributed by atoms with E-state index >= 15 is 0 Å². The summed E-state index contributed by atoms with van der Waals surface area (Å²) >= 11 is 0. The first-order valence-corrected chi connectivity index (χ1v) is 45.9. The van der Waals surface area contributed by atoms with Crippen molar-refractivity contribution in [3.63, 3.8) is 0 Å². The molecule has 9 aliphatic rings. The minimum atomic E-state index is -0.869. The van der Waals surface area contributed by atoms with E-state index in [1.165, 1.54) is 9.80 Å². The highest BCUT2D eigenvalue weighted by Gasteiger charge is 2.46. The third-order valence-corrected chi connectivity index (χ3v) is 21.3. The lowest BCUT2D eigenvalue weighted by Gasteiger charge is -2.42. The van der Waals surface area contributed by atoms with Crippen LogP contribution in [0.3, 0.4) is 0 Å². The summed E-state index contributed by atoms with van der Waals surface area (Å²) in [7, 11) is 0. The normalized spacial score (nSPS) is 23.3. The van der Waals surface area contributed by atoms with Crippen LogP contribution in [-0.4, -0.2) is 328 Å². The summed E-state index contributed by atoms with van der Waals surface area (Å²) in [6.07, 6.45) is 0.183. The lowest BCUT2D eigenvalue weighted by molar-refractivity contribution is -0.134. The minimum absolute atomic E-state index is 0. The zero-order chi connectivity index (χ0) is 97.1. The van der Waals surface area contributed by atoms with Crippen molar-refractivity contribution in [2.24, 2.45) is 11.8 Å². The number of rotatable bonds is 4. The van der Waals surface area contributed by atoms with E-state index in [1.807, 2.05) is 230 Å². The topological polar surface area (TPSA) is 367 Å². The van der Waals surface area contributed by atoms with Crippen molar-refractivity contribution in [2.75, 3.05) is 124 Å². The maximum absolute atomic E-state index is 12.1. The standard InChI is InChI=1S/C14H18N2O3.2C12H24N2O2.C11H20N2O3.C11H20N2O2.3C11H22N2O2.CH4/c1-14(2)12(17)15-8-9-16(14)13(18)19-10-11-6-4-3-5-7-11;2*1-9(2)10-8-13-6-7-14(10)11(15)16-12(3,4)5;1-10(2,3)16-9(15)13-7-6-12-8(14)11(13,4)5;1-11(2,3)15-10(14)13-8-4-5-9(13)7-12-6-8;1-8-7-13(9(2)6-12-8)10(14)15-11(3,4)5;1-8-6-12-7-9(2)13(8)10(14)15-11(3,4)5;1-10(2,3)15-9(14)13-7-6-12-8-11(13,4)5;/h3-7H,8-10H2,1-2H3,(H,15,17);2*9-10,13H,6-8H2,1-5H3;6-7H2,1-5H3,(H,12,14);8-9,12H,4-7H2,1-3H3;2*8-9,12H,6-7H2,1-5H3;12H,6-8H2,1-5H3;1H4/t;2*10-;;;2*8-,9+;;/m.10..1.../s1. The van der Waals surface area contributed by atoms with Gasteiger partial charge in [0.25, 0.3) is 0 Å². The maximum atomic E-state index is 12.1. The van der Waals surface area contributed by atoms with Gasteiger partial charge in [-0.15, -0.1) is 0 Å². The number of nitrogens with one attached hydrogen (secondary N) is 8. The molecule has 1 aromatic rings. The fourth-order valence-electron chi connectivity index (χ4n) is 14.7. The molecule has 9 saturated heterocycles. The van der Waals surface area contributed by atoms with Gasteiger partial charge in [0.2, 0.25) is 11.8 Å². The van der Waals surface area contributed by atoms with E-state index in [0.29, 0.717) is 62.7 Å². The molecule has 34 nitrogen and oxygen atoms in total. The molecule has 0 spiro atoms. The Morgan fingerprint density at radius 3 is 1.10 bits per heavy atom. The minimum Gasteiger partial charge on any atom is -0.445 e. The van der Waals surface area contributed by atoms with E-state index in [0.717, 1.165) is 110 Å². The highest BCUT2D eigenvalue weighted by molar-refractivity contribution is 5.91. The summed E-state index contributed by atoms with van der Waals surface area (Å²) in [5.41, 5.74) is -3.96. The Bertz CT molecular complexity index is 3470. The van der Waals surface area contributed by atoms with Crippen molar-refractivity contribution in [3.05, 3.63) is 35.9 Å². The smallest absolute Gasteiger partial charge is 0.411 e. The number of carbonyl (C=O) groups is 10. The molecule has 10 rings (SSSR count). The molecule has 8 N–H and O–H groups in total. The molecule has 0 aromatic heterocycles. The van der Waals surface area contributed by atoms with E-state index in [4.69, 9.17) is 37.9 Å². The highest BCUT2D eigenvalue weighted by Crippen LogP contribution is 2.30. The number of hydrogen-bond donors (Lipinski definition) is 8. The summed E-state index contributed by atoms with van der Waals surface area (Å²) < 4.78 is 42.9. The summed E-state index contributed by atoms with van der Waals surface area (Å²) in [5, 5.41) is 25.3. The summed E-state index contributed by atoms with van der Waals surface area (Å²) in [4.78, 5) is 133. The van der Waals surface area contributed by atoms with Crippen molar-refractivity contribution in [2.45, 2.75) is 373 Å². The zero-order valence-electron chi connectivity index (χ0n) is 84.6. The monoisotopic (exact) mass is 1820 g/mol. The van der Waals surface area contributed by atoms with Gasteiger partial charge in [-0.3, -0.25) is 24.3 Å². The SMILES string of the molecule is C.CC(C)(C)OC(=O)N1C2CCC1CNC2.CC(C)(C)OC(=O)N1CCNC(=O)C1(C)C.CC(C)(C)OC(=O)N1CCNCC1(C)C.CC(C)[C@@H]1CNCCN1C(=O)OC(C)(C)C.CC(C)[C@H]1CNCCN1C(=O)OC(C)(C)C.CC1(C)C(=O)NCCN1C(=O)OCc1ccccc1.C[C@@H]1CN(C(=O)OC(C)(C)C)[C@@H](C)CN1.C[C@@H]1CNC[C@H](C)N1C(=O)OC(C)(C)C. The molecule has 8 atom stereocenters. The number of nitrogens with zero attached hydrogens (tertiary/aromatic N) is 8. The van der Waals surface area contributed by atoms with Gasteiger partial charge in [0.05, 0.1) is 5.54 Å². The fraction of sp³-hybridized carbons (Fsp3) is 0.830. The zero-order valence-corrected chi connectivity index (χ0v) is 84.6. The predicted molar refractivity (Wildman–Crippen MR) is 503 cm³/mol. The largest absolute Gasteiger partial charge is 0.445 e. The maximum Gasteiger partial charge on any atom is 0.411 e. The molecule has 0 radical (unpaired) electrons. The third kappa shape index (κ3) is 41.3. The van der Waals surface area contributed by atoms with Gasteiger partial charge in [-0.25, -0.2) is 38.4 Å². The molecule has 9 heterocycles. The van der Waals surface area contributed by atoms with Crippen LogP contribution in [-0.2, 0) is 54.1 Å². The Balaban J connectivity index is 0.000000495. The van der Waals surface area contributed by atoms with Crippen LogP contribution < -0.4 is 42.5 Å². The summed E-state index contributed by atoms with van der Waals surface area (Å²) in [6.45, 7) is 81.6. The molecule has 0 aliphatic carbocycles. The highest BCUT2D eigenvalue weighted by atomic mass is 16.6. The van der Waals surface area contributed by atoms with Gasteiger partial charge in [0.1, 0.15) is 56.9 Å².